The molecule has 1 saturated heterocycles. The Bertz CT molecular complexity index is 504. The minimum atomic E-state index is -0.0964. The average molecular weight is 232 g/mol. The minimum absolute atomic E-state index is 0.0964. The van der Waals surface area contributed by atoms with Crippen LogP contribution < -0.4 is 5.32 Å². The molecule has 3 rings (SSSR count). The Labute approximate surface area is 100.0 Å². The molecule has 2 heterocycles. The largest absolute Gasteiger partial charge is 0.424 e. The summed E-state index contributed by atoms with van der Waals surface area (Å²) in [4.78, 5) is 4.42. The first kappa shape index (κ1) is 10.6. The van der Waals surface area contributed by atoms with Crippen molar-refractivity contribution in [3.63, 3.8) is 0 Å². The molecule has 1 aliphatic heterocycles. The highest BCUT2D eigenvalue weighted by molar-refractivity contribution is 5.74. The van der Waals surface area contributed by atoms with Crippen LogP contribution in [0.4, 0.5) is 6.01 Å². The number of oxazole rings is 1. The molecular formula is C13H16N2O2. The zero-order valence-corrected chi connectivity index (χ0v) is 10.1. The molecule has 0 aliphatic carbocycles. The normalized spacial score (nSPS) is 28.7. The van der Waals surface area contributed by atoms with Crippen molar-refractivity contribution < 1.29 is 9.15 Å². The lowest BCUT2D eigenvalue weighted by molar-refractivity contribution is 0.104. The van der Waals surface area contributed by atoms with E-state index in [-0.39, 0.29) is 11.6 Å². The topological polar surface area (TPSA) is 47.3 Å². The van der Waals surface area contributed by atoms with Crippen LogP contribution >= 0.6 is 0 Å². The molecule has 1 fully saturated rings. The highest BCUT2D eigenvalue weighted by atomic mass is 16.5. The Morgan fingerprint density at radius 3 is 2.94 bits per heavy atom. The number of anilines is 1. The number of para-hydroxylation sites is 2. The summed E-state index contributed by atoms with van der Waals surface area (Å²) in [5.74, 6) is 0. The highest BCUT2D eigenvalue weighted by Gasteiger charge is 2.38. The van der Waals surface area contributed by atoms with E-state index in [1.165, 1.54) is 0 Å². The van der Waals surface area contributed by atoms with Crippen LogP contribution in [0.1, 0.15) is 20.3 Å². The number of nitrogens with one attached hydrogen (secondary N) is 1. The maximum Gasteiger partial charge on any atom is 0.296 e. The van der Waals surface area contributed by atoms with E-state index in [9.17, 15) is 0 Å². The quantitative estimate of drug-likeness (QED) is 0.864. The van der Waals surface area contributed by atoms with Gasteiger partial charge in [-0.05, 0) is 32.4 Å². The van der Waals surface area contributed by atoms with E-state index in [0.29, 0.717) is 6.01 Å². The first-order chi connectivity index (χ1) is 8.17. The molecule has 1 aromatic heterocycles. The van der Waals surface area contributed by atoms with Gasteiger partial charge in [0.15, 0.2) is 5.58 Å². The van der Waals surface area contributed by atoms with Gasteiger partial charge >= 0.3 is 0 Å². The number of hydrogen-bond acceptors (Lipinski definition) is 4. The van der Waals surface area contributed by atoms with E-state index in [1.54, 1.807) is 0 Å². The molecule has 1 N–H and O–H groups in total. The van der Waals surface area contributed by atoms with Gasteiger partial charge in [0.1, 0.15) is 5.52 Å². The molecule has 0 radical (unpaired) electrons. The van der Waals surface area contributed by atoms with Crippen LogP contribution in [0.5, 0.6) is 0 Å². The Hall–Kier alpha value is -1.55. The van der Waals surface area contributed by atoms with Crippen LogP contribution in [0.15, 0.2) is 28.7 Å². The van der Waals surface area contributed by atoms with Crippen LogP contribution in [0.3, 0.4) is 0 Å². The monoisotopic (exact) mass is 232 g/mol. The third kappa shape index (κ3) is 1.78. The van der Waals surface area contributed by atoms with Gasteiger partial charge in [-0.15, -0.1) is 0 Å². The van der Waals surface area contributed by atoms with Gasteiger partial charge in [0, 0.05) is 6.61 Å². The molecule has 1 aromatic carbocycles. The summed E-state index contributed by atoms with van der Waals surface area (Å²) in [6, 6.07) is 8.34. The van der Waals surface area contributed by atoms with E-state index in [1.807, 2.05) is 24.3 Å². The number of ether oxygens (including phenoxy) is 1. The van der Waals surface area contributed by atoms with Gasteiger partial charge < -0.3 is 14.5 Å². The van der Waals surface area contributed by atoms with Crippen molar-refractivity contribution >= 4 is 17.1 Å². The molecule has 17 heavy (non-hydrogen) atoms. The fraction of sp³-hybridized carbons (Fsp3) is 0.462. The first-order valence-electron chi connectivity index (χ1n) is 5.93. The Morgan fingerprint density at radius 2 is 2.24 bits per heavy atom. The average Bonchev–Trinajstić information content (AvgIpc) is 2.83. The lowest BCUT2D eigenvalue weighted by Gasteiger charge is -2.27. The third-order valence-electron chi connectivity index (χ3n) is 3.57. The molecular weight excluding hydrogens is 216 g/mol. The fourth-order valence-corrected chi connectivity index (χ4v) is 2.17. The summed E-state index contributed by atoms with van der Waals surface area (Å²) in [5.41, 5.74) is 1.59. The zero-order chi connectivity index (χ0) is 11.9. The van der Waals surface area contributed by atoms with Gasteiger partial charge in [0.2, 0.25) is 0 Å². The second kappa shape index (κ2) is 3.74. The number of nitrogens with zero attached hydrogens (tertiary/aromatic N) is 1. The van der Waals surface area contributed by atoms with Crippen LogP contribution in [0.2, 0.25) is 0 Å². The van der Waals surface area contributed by atoms with Crippen molar-refractivity contribution in [2.24, 2.45) is 0 Å². The maximum atomic E-state index is 5.67. The number of fused-ring (bicyclic) bond motifs is 1. The summed E-state index contributed by atoms with van der Waals surface area (Å²) in [5, 5.41) is 3.35. The summed E-state index contributed by atoms with van der Waals surface area (Å²) in [7, 11) is 0. The van der Waals surface area contributed by atoms with Gasteiger partial charge in [-0.25, -0.2) is 0 Å². The van der Waals surface area contributed by atoms with Crippen LogP contribution in [0, 0.1) is 0 Å². The van der Waals surface area contributed by atoms with Crippen molar-refractivity contribution in [2.45, 2.75) is 31.9 Å². The molecule has 2 unspecified atom stereocenters. The lowest BCUT2D eigenvalue weighted by atomic mass is 9.95. The summed E-state index contributed by atoms with van der Waals surface area (Å²) in [6.07, 6.45) is 1.13. The van der Waals surface area contributed by atoms with E-state index >= 15 is 0 Å². The third-order valence-corrected chi connectivity index (χ3v) is 3.57. The molecule has 0 spiro atoms. The van der Waals surface area contributed by atoms with Crippen LogP contribution in [0.25, 0.3) is 11.1 Å². The maximum absolute atomic E-state index is 5.67. The van der Waals surface area contributed by atoms with Crippen molar-refractivity contribution in [3.8, 4) is 0 Å². The molecule has 4 nitrogen and oxygen atoms in total. The molecule has 0 amide bonds. The second-order valence-corrected chi connectivity index (χ2v) is 4.79. The predicted octanol–water partition coefficient (Wildman–Crippen LogP) is 2.81. The van der Waals surface area contributed by atoms with Crippen molar-refractivity contribution in [1.29, 1.82) is 0 Å². The summed E-state index contributed by atoms with van der Waals surface area (Å²) >= 11 is 0. The minimum Gasteiger partial charge on any atom is -0.424 e. The molecule has 1 aliphatic rings. The number of rotatable bonds is 2. The Morgan fingerprint density at radius 1 is 1.41 bits per heavy atom. The van der Waals surface area contributed by atoms with Crippen molar-refractivity contribution in [3.05, 3.63) is 24.3 Å². The second-order valence-electron chi connectivity index (χ2n) is 4.79. The number of hydrogen-bond donors (Lipinski definition) is 1. The molecule has 0 saturated carbocycles. The van der Waals surface area contributed by atoms with Gasteiger partial charge in [-0.2, -0.15) is 4.98 Å². The molecule has 4 heteroatoms. The first-order valence-corrected chi connectivity index (χ1v) is 5.93. The number of benzene rings is 1. The number of aromatic nitrogens is 1. The SMILES string of the molecule is CC1OCCC1(C)Nc1nc2ccccc2o1. The van der Waals surface area contributed by atoms with E-state index in [2.05, 4.69) is 24.1 Å². The van der Waals surface area contributed by atoms with E-state index < -0.39 is 0 Å². The van der Waals surface area contributed by atoms with Gasteiger partial charge in [0.25, 0.3) is 6.01 Å². The van der Waals surface area contributed by atoms with E-state index in [0.717, 1.165) is 24.1 Å². The standard InChI is InChI=1S/C13H16N2O2/c1-9-13(2,7-8-16-9)15-12-14-10-5-3-4-6-11(10)17-12/h3-6,9H,7-8H2,1-2H3,(H,14,15). The zero-order valence-electron chi connectivity index (χ0n) is 10.1. The van der Waals surface area contributed by atoms with Crippen LogP contribution in [-0.2, 0) is 4.74 Å². The smallest absolute Gasteiger partial charge is 0.296 e. The van der Waals surface area contributed by atoms with Crippen molar-refractivity contribution in [2.75, 3.05) is 11.9 Å². The molecule has 2 aromatic rings. The molecule has 2 atom stereocenters. The Kier molecular flexibility index (Phi) is 2.33. The lowest BCUT2D eigenvalue weighted by Crippen LogP contribution is -2.41. The Balaban J connectivity index is 1.89. The van der Waals surface area contributed by atoms with Gasteiger partial charge in [0.05, 0.1) is 11.6 Å². The highest BCUT2D eigenvalue weighted by Crippen LogP contribution is 2.30. The van der Waals surface area contributed by atoms with Gasteiger partial charge in [-0.1, -0.05) is 12.1 Å². The van der Waals surface area contributed by atoms with Gasteiger partial charge in [-0.3, -0.25) is 0 Å². The predicted molar refractivity (Wildman–Crippen MR) is 66.1 cm³/mol. The fourth-order valence-electron chi connectivity index (χ4n) is 2.17. The van der Waals surface area contributed by atoms with Crippen molar-refractivity contribution in [1.82, 2.24) is 4.98 Å². The van der Waals surface area contributed by atoms with Crippen LogP contribution in [-0.4, -0.2) is 23.2 Å². The molecule has 90 valence electrons. The summed E-state index contributed by atoms with van der Waals surface area (Å²) < 4.78 is 11.2. The van der Waals surface area contributed by atoms with E-state index in [4.69, 9.17) is 9.15 Å². The molecule has 0 bridgehead atoms. The summed E-state index contributed by atoms with van der Waals surface area (Å²) in [6.45, 7) is 4.99.